The summed E-state index contributed by atoms with van der Waals surface area (Å²) in [5.41, 5.74) is 4.73. The molecule has 1 heterocycles. The average molecular weight is 273 g/mol. The second-order valence-electron chi connectivity index (χ2n) is 4.94. The molecule has 20 heavy (non-hydrogen) atoms. The zero-order chi connectivity index (χ0) is 14.7. The summed E-state index contributed by atoms with van der Waals surface area (Å²) in [6.45, 7) is 9.62. The van der Waals surface area contributed by atoms with Crippen LogP contribution in [0.1, 0.15) is 29.4 Å². The number of hydrogen-bond donors (Lipinski definition) is 1. The summed E-state index contributed by atoms with van der Waals surface area (Å²) in [6.07, 6.45) is 0. The Hall–Kier alpha value is -1.81. The summed E-state index contributed by atoms with van der Waals surface area (Å²) in [5, 5.41) is 3.29. The van der Waals surface area contributed by atoms with Crippen LogP contribution in [0.4, 0.5) is 4.39 Å². The molecule has 0 fully saturated rings. The molecule has 2 rings (SSSR count). The van der Waals surface area contributed by atoms with Crippen LogP contribution < -0.4 is 5.32 Å². The molecule has 0 radical (unpaired) electrons. The Balaban J connectivity index is 2.46. The molecule has 0 unspecified atom stereocenters. The lowest BCUT2D eigenvalue weighted by Gasteiger charge is -2.12. The lowest BCUT2D eigenvalue weighted by atomic mass is 10.1. The normalized spacial score (nSPS) is 10.8. The Bertz CT molecular complexity index is 600. The van der Waals surface area contributed by atoms with Crippen molar-refractivity contribution < 1.29 is 4.39 Å². The number of aryl methyl sites for hydroxylation is 3. The molecule has 0 spiro atoms. The van der Waals surface area contributed by atoms with Crippen molar-refractivity contribution in [2.24, 2.45) is 0 Å². The minimum absolute atomic E-state index is 0.263. The number of nitrogens with zero attached hydrogens (tertiary/aromatic N) is 2. The van der Waals surface area contributed by atoms with Gasteiger partial charge < -0.3 is 5.32 Å². The van der Waals surface area contributed by atoms with Gasteiger partial charge in [-0.3, -0.25) is 0 Å². The molecule has 106 valence electrons. The number of benzene rings is 1. The molecule has 4 heteroatoms. The second-order valence-corrected chi connectivity index (χ2v) is 4.94. The summed E-state index contributed by atoms with van der Waals surface area (Å²) in [5.74, 6) is 0.332. The maximum absolute atomic E-state index is 13.4. The number of nitrogens with one attached hydrogen (secondary N) is 1. The van der Waals surface area contributed by atoms with Crippen LogP contribution in [0.2, 0.25) is 0 Å². The number of hydrogen-bond acceptors (Lipinski definition) is 3. The fourth-order valence-corrected chi connectivity index (χ4v) is 2.20. The van der Waals surface area contributed by atoms with Crippen LogP contribution in [0.5, 0.6) is 0 Å². The van der Waals surface area contributed by atoms with Crippen LogP contribution in [0.15, 0.2) is 18.2 Å². The first-order chi connectivity index (χ1) is 9.52. The average Bonchev–Trinajstić information content (AvgIpc) is 2.40. The Morgan fingerprint density at radius 3 is 2.35 bits per heavy atom. The van der Waals surface area contributed by atoms with E-state index in [1.807, 2.05) is 20.8 Å². The van der Waals surface area contributed by atoms with Gasteiger partial charge >= 0.3 is 0 Å². The molecule has 1 aromatic heterocycles. The van der Waals surface area contributed by atoms with E-state index in [-0.39, 0.29) is 5.82 Å². The van der Waals surface area contributed by atoms with Crippen molar-refractivity contribution in [3.8, 4) is 11.4 Å². The Labute approximate surface area is 119 Å². The molecule has 1 N–H and O–H groups in total. The Kier molecular flexibility index (Phi) is 4.45. The molecule has 0 aliphatic heterocycles. The van der Waals surface area contributed by atoms with E-state index in [1.54, 1.807) is 6.07 Å². The summed E-state index contributed by atoms with van der Waals surface area (Å²) in [4.78, 5) is 9.08. The van der Waals surface area contributed by atoms with E-state index in [4.69, 9.17) is 0 Å². The Morgan fingerprint density at radius 2 is 1.75 bits per heavy atom. The summed E-state index contributed by atoms with van der Waals surface area (Å²) >= 11 is 0. The molecule has 0 amide bonds. The summed E-state index contributed by atoms with van der Waals surface area (Å²) in [7, 11) is 0. The van der Waals surface area contributed by atoms with E-state index in [1.165, 1.54) is 12.1 Å². The third-order valence-corrected chi connectivity index (χ3v) is 3.41. The fourth-order valence-electron chi connectivity index (χ4n) is 2.20. The molecule has 0 atom stereocenters. The van der Waals surface area contributed by atoms with Crippen molar-refractivity contribution in [3.05, 3.63) is 46.5 Å². The monoisotopic (exact) mass is 273 g/mol. The van der Waals surface area contributed by atoms with Gasteiger partial charge in [-0.15, -0.1) is 0 Å². The standard InChI is InChI=1S/C16H20FN3/c1-5-18-9-15-11(3)19-16(20-12(15)4)14-8-13(17)7-6-10(14)2/h6-8,18H,5,9H2,1-4H3. The molecule has 0 bridgehead atoms. The maximum Gasteiger partial charge on any atom is 0.160 e. The number of halogens is 1. The molecular formula is C16H20FN3. The predicted molar refractivity (Wildman–Crippen MR) is 79.0 cm³/mol. The van der Waals surface area contributed by atoms with Gasteiger partial charge in [0.25, 0.3) is 0 Å². The smallest absolute Gasteiger partial charge is 0.160 e. The second kappa shape index (κ2) is 6.09. The number of rotatable bonds is 4. The van der Waals surface area contributed by atoms with Crippen molar-refractivity contribution in [1.29, 1.82) is 0 Å². The minimum Gasteiger partial charge on any atom is -0.313 e. The van der Waals surface area contributed by atoms with Crippen LogP contribution >= 0.6 is 0 Å². The topological polar surface area (TPSA) is 37.8 Å². The first-order valence-corrected chi connectivity index (χ1v) is 6.84. The highest BCUT2D eigenvalue weighted by atomic mass is 19.1. The molecule has 1 aromatic carbocycles. The molecule has 0 saturated carbocycles. The van der Waals surface area contributed by atoms with E-state index >= 15 is 0 Å². The van der Waals surface area contributed by atoms with Gasteiger partial charge in [0.05, 0.1) is 0 Å². The fraction of sp³-hybridized carbons (Fsp3) is 0.375. The van der Waals surface area contributed by atoms with Crippen molar-refractivity contribution in [2.45, 2.75) is 34.2 Å². The SMILES string of the molecule is CCNCc1c(C)nc(-c2cc(F)ccc2C)nc1C. The first kappa shape index (κ1) is 14.6. The largest absolute Gasteiger partial charge is 0.313 e. The molecule has 0 aliphatic rings. The quantitative estimate of drug-likeness (QED) is 0.928. The molecular weight excluding hydrogens is 253 g/mol. The van der Waals surface area contributed by atoms with Crippen LogP contribution in [0.3, 0.4) is 0 Å². The molecule has 3 nitrogen and oxygen atoms in total. The number of aromatic nitrogens is 2. The van der Waals surface area contributed by atoms with E-state index in [0.29, 0.717) is 5.82 Å². The maximum atomic E-state index is 13.4. The van der Waals surface area contributed by atoms with Gasteiger partial charge in [0.15, 0.2) is 5.82 Å². The highest BCUT2D eigenvalue weighted by Gasteiger charge is 2.12. The molecule has 0 saturated heterocycles. The van der Waals surface area contributed by atoms with Crippen molar-refractivity contribution in [3.63, 3.8) is 0 Å². The van der Waals surface area contributed by atoms with Gasteiger partial charge in [-0.25, -0.2) is 14.4 Å². The van der Waals surface area contributed by atoms with E-state index < -0.39 is 0 Å². The predicted octanol–water partition coefficient (Wildman–Crippen LogP) is 3.32. The van der Waals surface area contributed by atoms with Gasteiger partial charge in [-0.2, -0.15) is 0 Å². The summed E-state index contributed by atoms with van der Waals surface area (Å²) in [6, 6.07) is 4.71. The van der Waals surface area contributed by atoms with Crippen LogP contribution in [-0.4, -0.2) is 16.5 Å². The lowest BCUT2D eigenvalue weighted by molar-refractivity contribution is 0.627. The van der Waals surface area contributed by atoms with E-state index in [0.717, 1.165) is 41.2 Å². The van der Waals surface area contributed by atoms with Crippen molar-refractivity contribution in [1.82, 2.24) is 15.3 Å². The zero-order valence-corrected chi connectivity index (χ0v) is 12.4. The molecule has 0 aliphatic carbocycles. The van der Waals surface area contributed by atoms with Crippen LogP contribution in [0.25, 0.3) is 11.4 Å². The highest BCUT2D eigenvalue weighted by Crippen LogP contribution is 2.23. The van der Waals surface area contributed by atoms with Gasteiger partial charge in [0.2, 0.25) is 0 Å². The van der Waals surface area contributed by atoms with Gasteiger partial charge in [0, 0.05) is 29.1 Å². The van der Waals surface area contributed by atoms with Gasteiger partial charge in [-0.05, 0) is 45.0 Å². The van der Waals surface area contributed by atoms with Crippen molar-refractivity contribution >= 4 is 0 Å². The first-order valence-electron chi connectivity index (χ1n) is 6.84. The minimum atomic E-state index is -0.263. The highest BCUT2D eigenvalue weighted by molar-refractivity contribution is 5.60. The van der Waals surface area contributed by atoms with Crippen LogP contribution in [-0.2, 0) is 6.54 Å². The Morgan fingerprint density at radius 1 is 1.10 bits per heavy atom. The van der Waals surface area contributed by atoms with Crippen LogP contribution in [0, 0.1) is 26.6 Å². The third-order valence-electron chi connectivity index (χ3n) is 3.41. The lowest BCUT2D eigenvalue weighted by Crippen LogP contribution is -2.15. The van der Waals surface area contributed by atoms with Gasteiger partial charge in [0.1, 0.15) is 5.82 Å². The van der Waals surface area contributed by atoms with Crippen molar-refractivity contribution in [2.75, 3.05) is 6.54 Å². The van der Waals surface area contributed by atoms with E-state index in [9.17, 15) is 4.39 Å². The van der Waals surface area contributed by atoms with E-state index in [2.05, 4.69) is 22.2 Å². The third kappa shape index (κ3) is 3.02. The molecule has 2 aromatic rings. The van der Waals surface area contributed by atoms with Gasteiger partial charge in [-0.1, -0.05) is 13.0 Å². The summed E-state index contributed by atoms with van der Waals surface area (Å²) < 4.78 is 13.4. The zero-order valence-electron chi connectivity index (χ0n) is 12.4.